The molecule has 2 aromatic rings. The Labute approximate surface area is 166 Å². The topological polar surface area (TPSA) is 42.0 Å². The zero-order chi connectivity index (χ0) is 19.5. The van der Waals surface area contributed by atoms with E-state index < -0.39 is 0 Å². The van der Waals surface area contributed by atoms with Crippen LogP contribution in [-0.2, 0) is 11.3 Å². The molecule has 2 heterocycles. The highest BCUT2D eigenvalue weighted by atomic mass is 16.5. The van der Waals surface area contributed by atoms with Crippen LogP contribution in [-0.4, -0.2) is 62.7 Å². The van der Waals surface area contributed by atoms with E-state index in [1.165, 1.54) is 7.11 Å². The van der Waals surface area contributed by atoms with E-state index in [9.17, 15) is 4.79 Å². The zero-order valence-corrected chi connectivity index (χ0v) is 16.5. The van der Waals surface area contributed by atoms with Crippen LogP contribution in [0.5, 0.6) is 5.75 Å². The van der Waals surface area contributed by atoms with E-state index in [-0.39, 0.29) is 5.97 Å². The van der Waals surface area contributed by atoms with Gasteiger partial charge in [-0.2, -0.15) is 0 Å². The second-order valence-electron chi connectivity index (χ2n) is 7.37. The van der Waals surface area contributed by atoms with Crippen molar-refractivity contribution in [2.75, 3.05) is 46.9 Å². The van der Waals surface area contributed by atoms with Gasteiger partial charge >= 0.3 is 5.97 Å². The molecule has 0 aromatic heterocycles. The molecule has 5 heteroatoms. The third-order valence-corrected chi connectivity index (χ3v) is 5.53. The molecule has 2 aliphatic rings. The monoisotopic (exact) mass is 378 g/mol. The Bertz CT molecular complexity index is 898. The number of piperazine rings is 1. The quantitative estimate of drug-likeness (QED) is 0.768. The molecule has 1 saturated heterocycles. The molecule has 0 saturated carbocycles. The normalized spacial score (nSPS) is 18.7. The minimum atomic E-state index is -0.334. The number of benzene rings is 2. The molecular weight excluding hydrogens is 352 g/mol. The number of methoxy groups -OCH3 is 1. The third kappa shape index (κ3) is 3.81. The molecule has 2 aromatic carbocycles. The van der Waals surface area contributed by atoms with Gasteiger partial charge in [0.05, 0.1) is 12.7 Å². The number of hydrogen-bond donors (Lipinski definition) is 0. The van der Waals surface area contributed by atoms with Gasteiger partial charge in [0.2, 0.25) is 0 Å². The Morgan fingerprint density at radius 3 is 2.68 bits per heavy atom. The smallest absolute Gasteiger partial charge is 0.337 e. The predicted octanol–water partition coefficient (Wildman–Crippen LogP) is 3.04. The molecule has 5 nitrogen and oxygen atoms in total. The van der Waals surface area contributed by atoms with Crippen molar-refractivity contribution in [3.05, 3.63) is 70.8 Å². The number of likely N-dealkylation sites (N-methyl/N-ethyl adjacent to an activating group) is 1. The lowest BCUT2D eigenvalue weighted by Gasteiger charge is -2.31. The van der Waals surface area contributed by atoms with E-state index in [2.05, 4.69) is 41.1 Å². The summed E-state index contributed by atoms with van der Waals surface area (Å²) in [4.78, 5) is 16.9. The van der Waals surface area contributed by atoms with Crippen LogP contribution in [0.25, 0.3) is 5.57 Å². The van der Waals surface area contributed by atoms with Gasteiger partial charge in [0.25, 0.3) is 0 Å². The van der Waals surface area contributed by atoms with Gasteiger partial charge in [-0.3, -0.25) is 4.90 Å². The molecule has 0 radical (unpaired) electrons. The molecule has 0 spiro atoms. The van der Waals surface area contributed by atoms with Crippen LogP contribution in [0.4, 0.5) is 0 Å². The Kier molecular flexibility index (Phi) is 5.46. The fraction of sp³-hybridized carbons (Fsp3) is 0.348. The molecule has 0 unspecified atom stereocenters. The lowest BCUT2D eigenvalue weighted by Crippen LogP contribution is -2.44. The third-order valence-electron chi connectivity index (χ3n) is 5.53. The maximum Gasteiger partial charge on any atom is 0.337 e. The summed E-state index contributed by atoms with van der Waals surface area (Å²) >= 11 is 0. The molecule has 0 N–H and O–H groups in total. The van der Waals surface area contributed by atoms with Gasteiger partial charge in [-0.25, -0.2) is 4.79 Å². The van der Waals surface area contributed by atoms with E-state index in [0.29, 0.717) is 12.2 Å². The van der Waals surface area contributed by atoms with E-state index in [0.717, 1.165) is 60.7 Å². The maximum absolute atomic E-state index is 12.1. The molecule has 0 aliphatic carbocycles. The van der Waals surface area contributed by atoms with E-state index >= 15 is 0 Å². The van der Waals surface area contributed by atoms with Gasteiger partial charge in [-0.1, -0.05) is 30.3 Å². The van der Waals surface area contributed by atoms with Crippen molar-refractivity contribution < 1.29 is 14.3 Å². The lowest BCUT2D eigenvalue weighted by atomic mass is 9.93. The highest BCUT2D eigenvalue weighted by Gasteiger charge is 2.21. The average Bonchev–Trinajstić information content (AvgIpc) is 2.89. The van der Waals surface area contributed by atoms with E-state index in [4.69, 9.17) is 9.47 Å². The Morgan fingerprint density at radius 2 is 1.89 bits per heavy atom. The molecule has 2 aliphatic heterocycles. The highest BCUT2D eigenvalue weighted by molar-refractivity contribution is 5.93. The van der Waals surface area contributed by atoms with Crippen molar-refractivity contribution in [3.63, 3.8) is 0 Å². The maximum atomic E-state index is 12.1. The number of nitrogens with zero attached hydrogens (tertiary/aromatic N) is 2. The predicted molar refractivity (Wildman–Crippen MR) is 110 cm³/mol. The second-order valence-corrected chi connectivity index (χ2v) is 7.37. The molecule has 0 atom stereocenters. The number of carbonyl (C=O) groups excluding carboxylic acids is 1. The Hall–Kier alpha value is -2.63. The second kappa shape index (κ2) is 8.17. The molecule has 1 fully saturated rings. The first kappa shape index (κ1) is 18.7. The van der Waals surface area contributed by atoms with Gasteiger partial charge in [-0.15, -0.1) is 0 Å². The van der Waals surface area contributed by atoms with Gasteiger partial charge < -0.3 is 14.4 Å². The van der Waals surface area contributed by atoms with Crippen molar-refractivity contribution in [1.29, 1.82) is 0 Å². The van der Waals surface area contributed by atoms with Crippen molar-refractivity contribution in [2.24, 2.45) is 0 Å². The van der Waals surface area contributed by atoms with Gasteiger partial charge in [-0.05, 0) is 41.9 Å². The van der Waals surface area contributed by atoms with Crippen molar-refractivity contribution in [1.82, 2.24) is 9.80 Å². The summed E-state index contributed by atoms with van der Waals surface area (Å²) in [6.45, 7) is 5.70. The fourth-order valence-corrected chi connectivity index (χ4v) is 3.79. The van der Waals surface area contributed by atoms with Crippen LogP contribution in [0.1, 0.15) is 27.0 Å². The fourth-order valence-electron chi connectivity index (χ4n) is 3.79. The van der Waals surface area contributed by atoms with Crippen molar-refractivity contribution in [3.8, 4) is 5.75 Å². The Balaban J connectivity index is 1.74. The molecule has 28 heavy (non-hydrogen) atoms. The number of fused-ring (bicyclic) bond motifs is 2. The number of esters is 1. The van der Waals surface area contributed by atoms with Crippen LogP contribution in [0.2, 0.25) is 0 Å². The number of hydrogen-bond acceptors (Lipinski definition) is 5. The van der Waals surface area contributed by atoms with E-state index in [1.54, 1.807) is 6.07 Å². The summed E-state index contributed by atoms with van der Waals surface area (Å²) in [6, 6.07) is 13.9. The summed E-state index contributed by atoms with van der Waals surface area (Å²) in [7, 11) is 3.57. The highest BCUT2D eigenvalue weighted by Crippen LogP contribution is 2.37. The minimum absolute atomic E-state index is 0.334. The summed E-state index contributed by atoms with van der Waals surface area (Å²) in [5.41, 5.74) is 4.92. The van der Waals surface area contributed by atoms with Crippen LogP contribution in [0, 0.1) is 0 Å². The Morgan fingerprint density at radius 1 is 1.11 bits per heavy atom. The van der Waals surface area contributed by atoms with Crippen molar-refractivity contribution in [2.45, 2.75) is 6.61 Å². The molecule has 146 valence electrons. The SMILES string of the molecule is COC(=O)c1ccc2c(c1)/C(=C\CN1CCN(C)CC1)c1ccccc1CO2. The minimum Gasteiger partial charge on any atom is -0.488 e. The number of rotatable bonds is 3. The first-order valence-corrected chi connectivity index (χ1v) is 9.70. The first-order valence-electron chi connectivity index (χ1n) is 9.70. The number of ether oxygens (including phenoxy) is 2. The lowest BCUT2D eigenvalue weighted by molar-refractivity contribution is 0.0600. The van der Waals surface area contributed by atoms with Crippen LogP contribution >= 0.6 is 0 Å². The summed E-state index contributed by atoms with van der Waals surface area (Å²) in [5.74, 6) is 0.465. The van der Waals surface area contributed by atoms with Crippen LogP contribution in [0.15, 0.2) is 48.5 Å². The number of carbonyl (C=O) groups is 1. The van der Waals surface area contributed by atoms with Crippen molar-refractivity contribution >= 4 is 11.5 Å². The molecule has 0 bridgehead atoms. The standard InChI is InChI=1S/C23H26N2O3/c1-24-11-13-25(14-12-24)10-9-20-19-6-4-3-5-18(19)16-28-22-8-7-17(15-21(20)22)23(26)27-2/h3-9,15H,10-14,16H2,1-2H3/b20-9-. The molecular formula is C23H26N2O3. The molecule has 0 amide bonds. The van der Waals surface area contributed by atoms with E-state index in [1.807, 2.05) is 18.2 Å². The van der Waals surface area contributed by atoms with Gasteiger partial charge in [0.1, 0.15) is 12.4 Å². The molecule has 4 rings (SSSR count). The summed E-state index contributed by atoms with van der Waals surface area (Å²) in [5, 5.41) is 0. The van der Waals surface area contributed by atoms with Crippen LogP contribution in [0.3, 0.4) is 0 Å². The summed E-state index contributed by atoms with van der Waals surface area (Å²) < 4.78 is 11.0. The first-order chi connectivity index (χ1) is 13.7. The summed E-state index contributed by atoms with van der Waals surface area (Å²) in [6.07, 6.45) is 2.28. The van der Waals surface area contributed by atoms with Gasteiger partial charge in [0, 0.05) is 38.3 Å². The van der Waals surface area contributed by atoms with Gasteiger partial charge in [0.15, 0.2) is 0 Å². The zero-order valence-electron chi connectivity index (χ0n) is 16.5. The average molecular weight is 378 g/mol. The largest absolute Gasteiger partial charge is 0.488 e. The van der Waals surface area contributed by atoms with Crippen LogP contribution < -0.4 is 4.74 Å².